The quantitative estimate of drug-likeness (QED) is 0.783. The van der Waals surface area contributed by atoms with Crippen LogP contribution in [0.15, 0.2) is 30.3 Å². The van der Waals surface area contributed by atoms with Gasteiger partial charge in [0.05, 0.1) is 32.5 Å². The molecule has 0 spiro atoms. The van der Waals surface area contributed by atoms with Gasteiger partial charge in [0.15, 0.2) is 28.8 Å². The van der Waals surface area contributed by atoms with E-state index in [0.717, 1.165) is 0 Å². The molecule has 7 nitrogen and oxygen atoms in total. The average molecular weight is 332 g/mol. The first-order valence-corrected chi connectivity index (χ1v) is 6.84. The normalized spacial score (nSPS) is 10.1. The van der Waals surface area contributed by atoms with Gasteiger partial charge in [-0.1, -0.05) is 0 Å². The van der Waals surface area contributed by atoms with Gasteiger partial charge >= 0.3 is 5.97 Å². The molecule has 0 atom stereocenters. The smallest absolute Gasteiger partial charge is 0.336 e. The number of ketones is 1. The molecule has 0 aromatic heterocycles. The van der Waals surface area contributed by atoms with E-state index in [1.807, 2.05) is 0 Å². The van der Waals surface area contributed by atoms with Gasteiger partial charge in [-0.25, -0.2) is 4.79 Å². The molecule has 0 fully saturated rings. The van der Waals surface area contributed by atoms with E-state index in [-0.39, 0.29) is 39.7 Å². The lowest BCUT2D eigenvalue weighted by Crippen LogP contribution is -2.12. The standard InChI is InChI=1S/C17H16O7/c1-22-12-7-5-10(17(20)21)14(16(12)24-3)15(19)9-4-6-11(18)13(8-9)23-2/h4-8,18H,1-3H3,(H,20,21). The van der Waals surface area contributed by atoms with Crippen molar-refractivity contribution in [2.24, 2.45) is 0 Å². The van der Waals surface area contributed by atoms with Gasteiger partial charge < -0.3 is 24.4 Å². The van der Waals surface area contributed by atoms with Crippen LogP contribution in [-0.2, 0) is 0 Å². The van der Waals surface area contributed by atoms with Crippen LogP contribution in [0.3, 0.4) is 0 Å². The molecule has 24 heavy (non-hydrogen) atoms. The van der Waals surface area contributed by atoms with E-state index < -0.39 is 11.8 Å². The van der Waals surface area contributed by atoms with E-state index in [2.05, 4.69) is 0 Å². The van der Waals surface area contributed by atoms with Gasteiger partial charge in [-0.2, -0.15) is 0 Å². The van der Waals surface area contributed by atoms with E-state index in [9.17, 15) is 19.8 Å². The summed E-state index contributed by atoms with van der Waals surface area (Å²) >= 11 is 0. The van der Waals surface area contributed by atoms with Crippen LogP contribution >= 0.6 is 0 Å². The van der Waals surface area contributed by atoms with Crippen LogP contribution in [-0.4, -0.2) is 43.3 Å². The molecule has 0 radical (unpaired) electrons. The molecular formula is C17H16O7. The topological polar surface area (TPSA) is 102 Å². The van der Waals surface area contributed by atoms with Crippen LogP contribution in [0, 0.1) is 0 Å². The third kappa shape index (κ3) is 2.96. The number of phenols is 1. The van der Waals surface area contributed by atoms with Gasteiger partial charge in [-0.3, -0.25) is 4.79 Å². The molecule has 0 saturated heterocycles. The Hall–Kier alpha value is -3.22. The first-order valence-electron chi connectivity index (χ1n) is 6.84. The number of carboxylic acids is 1. The number of ether oxygens (including phenoxy) is 3. The maximum atomic E-state index is 12.9. The fourth-order valence-electron chi connectivity index (χ4n) is 2.29. The summed E-state index contributed by atoms with van der Waals surface area (Å²) in [7, 11) is 4.05. The summed E-state index contributed by atoms with van der Waals surface area (Å²) in [6.07, 6.45) is 0. The first-order chi connectivity index (χ1) is 11.4. The minimum absolute atomic E-state index is 0.0226. The molecule has 126 valence electrons. The van der Waals surface area contributed by atoms with Gasteiger partial charge in [0.2, 0.25) is 0 Å². The summed E-state index contributed by atoms with van der Waals surface area (Å²) in [5.41, 5.74) is -0.222. The molecule has 0 bridgehead atoms. The number of rotatable bonds is 6. The zero-order valence-corrected chi connectivity index (χ0v) is 13.3. The molecule has 0 saturated carbocycles. The molecule has 0 unspecified atom stereocenters. The lowest BCUT2D eigenvalue weighted by Gasteiger charge is -2.15. The highest BCUT2D eigenvalue weighted by atomic mass is 16.5. The lowest BCUT2D eigenvalue weighted by molar-refractivity contribution is 0.0692. The van der Waals surface area contributed by atoms with E-state index in [4.69, 9.17) is 14.2 Å². The van der Waals surface area contributed by atoms with Crippen LogP contribution in [0.2, 0.25) is 0 Å². The van der Waals surface area contributed by atoms with Gasteiger partial charge in [-0.15, -0.1) is 0 Å². The van der Waals surface area contributed by atoms with Crippen LogP contribution < -0.4 is 14.2 Å². The second kappa shape index (κ2) is 6.91. The number of methoxy groups -OCH3 is 3. The summed E-state index contributed by atoms with van der Waals surface area (Å²) in [5.74, 6) is -1.65. The predicted molar refractivity (Wildman–Crippen MR) is 84.6 cm³/mol. The summed E-state index contributed by atoms with van der Waals surface area (Å²) in [6.45, 7) is 0. The Morgan fingerprint density at radius 3 is 2.12 bits per heavy atom. The third-order valence-electron chi connectivity index (χ3n) is 3.44. The van der Waals surface area contributed by atoms with Crippen molar-refractivity contribution in [2.75, 3.05) is 21.3 Å². The van der Waals surface area contributed by atoms with E-state index in [1.54, 1.807) is 0 Å². The van der Waals surface area contributed by atoms with Gasteiger partial charge in [-0.05, 0) is 30.3 Å². The Bertz CT molecular complexity index is 796. The maximum Gasteiger partial charge on any atom is 0.336 e. The molecule has 2 rings (SSSR count). The summed E-state index contributed by atoms with van der Waals surface area (Å²) in [5, 5.41) is 19.0. The number of hydrogen-bond donors (Lipinski definition) is 2. The molecule has 2 N–H and O–H groups in total. The van der Waals surface area contributed by atoms with Crippen molar-refractivity contribution in [1.82, 2.24) is 0 Å². The van der Waals surface area contributed by atoms with Crippen molar-refractivity contribution >= 4 is 11.8 Å². The van der Waals surface area contributed by atoms with E-state index in [1.165, 1.54) is 51.7 Å². The number of hydrogen-bond acceptors (Lipinski definition) is 6. The summed E-state index contributed by atoms with van der Waals surface area (Å²) < 4.78 is 15.3. The number of aromatic carboxylic acids is 1. The zero-order valence-electron chi connectivity index (χ0n) is 13.3. The Balaban J connectivity index is 2.69. The van der Waals surface area contributed by atoms with Crippen molar-refractivity contribution < 1.29 is 34.0 Å². The SMILES string of the molecule is COc1cc(C(=O)c2c(C(=O)O)ccc(OC)c2OC)ccc1O. The van der Waals surface area contributed by atoms with Crippen LogP contribution in [0.5, 0.6) is 23.0 Å². The number of benzene rings is 2. The van der Waals surface area contributed by atoms with Crippen molar-refractivity contribution in [2.45, 2.75) is 0 Å². The number of carboxylic acid groups (broad SMARTS) is 1. The Labute approximate surface area is 138 Å². The van der Waals surface area contributed by atoms with Crippen molar-refractivity contribution in [1.29, 1.82) is 0 Å². The van der Waals surface area contributed by atoms with Crippen LogP contribution in [0.1, 0.15) is 26.3 Å². The monoisotopic (exact) mass is 332 g/mol. The molecule has 0 aliphatic carbocycles. The Morgan fingerprint density at radius 1 is 0.917 bits per heavy atom. The number of carbonyl (C=O) groups excluding carboxylic acids is 1. The Kier molecular flexibility index (Phi) is 4.93. The highest BCUT2D eigenvalue weighted by Crippen LogP contribution is 2.36. The van der Waals surface area contributed by atoms with Crippen LogP contribution in [0.25, 0.3) is 0 Å². The second-order valence-electron chi connectivity index (χ2n) is 4.74. The lowest BCUT2D eigenvalue weighted by atomic mass is 9.96. The molecule has 7 heteroatoms. The minimum Gasteiger partial charge on any atom is -0.504 e. The summed E-state index contributed by atoms with van der Waals surface area (Å²) in [4.78, 5) is 24.4. The van der Waals surface area contributed by atoms with Gasteiger partial charge in [0, 0.05) is 5.56 Å². The molecule has 0 amide bonds. The first kappa shape index (κ1) is 17.1. The second-order valence-corrected chi connectivity index (χ2v) is 4.74. The molecule has 0 aliphatic heterocycles. The number of aromatic hydroxyl groups is 1. The fourth-order valence-corrected chi connectivity index (χ4v) is 2.29. The fraction of sp³-hybridized carbons (Fsp3) is 0.176. The van der Waals surface area contributed by atoms with Gasteiger partial charge in [0.25, 0.3) is 0 Å². The van der Waals surface area contributed by atoms with E-state index in [0.29, 0.717) is 0 Å². The number of phenolic OH excluding ortho intramolecular Hbond substituents is 1. The molecule has 0 heterocycles. The molecule has 2 aromatic rings. The zero-order chi connectivity index (χ0) is 17.9. The van der Waals surface area contributed by atoms with Crippen molar-refractivity contribution in [3.8, 4) is 23.0 Å². The van der Waals surface area contributed by atoms with Crippen LogP contribution in [0.4, 0.5) is 0 Å². The predicted octanol–water partition coefficient (Wildman–Crippen LogP) is 2.35. The molecule has 2 aromatic carbocycles. The Morgan fingerprint density at radius 2 is 1.58 bits per heavy atom. The maximum absolute atomic E-state index is 12.9. The van der Waals surface area contributed by atoms with E-state index >= 15 is 0 Å². The average Bonchev–Trinajstić information content (AvgIpc) is 2.59. The highest BCUT2D eigenvalue weighted by molar-refractivity contribution is 6.16. The largest absolute Gasteiger partial charge is 0.504 e. The van der Waals surface area contributed by atoms with Crippen molar-refractivity contribution in [3.63, 3.8) is 0 Å². The third-order valence-corrected chi connectivity index (χ3v) is 3.44. The highest BCUT2D eigenvalue weighted by Gasteiger charge is 2.26. The van der Waals surface area contributed by atoms with Gasteiger partial charge in [0.1, 0.15) is 0 Å². The summed E-state index contributed by atoms with van der Waals surface area (Å²) in [6, 6.07) is 6.66. The molecular weight excluding hydrogens is 316 g/mol. The van der Waals surface area contributed by atoms with Crippen molar-refractivity contribution in [3.05, 3.63) is 47.0 Å². The molecule has 0 aliphatic rings. The number of carbonyl (C=O) groups is 2. The minimum atomic E-state index is -1.27.